The van der Waals surface area contributed by atoms with E-state index in [9.17, 15) is 0 Å². The Morgan fingerprint density at radius 2 is 2.00 bits per heavy atom. The van der Waals surface area contributed by atoms with E-state index in [1.54, 1.807) is 11.8 Å². The van der Waals surface area contributed by atoms with Crippen molar-refractivity contribution in [2.24, 2.45) is 0 Å². The van der Waals surface area contributed by atoms with Gasteiger partial charge in [-0.15, -0.1) is 11.8 Å². The fourth-order valence-corrected chi connectivity index (χ4v) is 2.97. The third kappa shape index (κ3) is 5.47. The number of thioether (sulfide) groups is 1. The highest BCUT2D eigenvalue weighted by Gasteiger charge is 2.45. The van der Waals surface area contributed by atoms with Crippen molar-refractivity contribution in [1.82, 2.24) is 0 Å². The van der Waals surface area contributed by atoms with Gasteiger partial charge >= 0.3 is 0 Å². The lowest BCUT2D eigenvalue weighted by Crippen LogP contribution is -2.49. The summed E-state index contributed by atoms with van der Waals surface area (Å²) in [7, 11) is 0. The van der Waals surface area contributed by atoms with Crippen LogP contribution in [0.25, 0.3) is 0 Å². The molecule has 0 spiro atoms. The van der Waals surface area contributed by atoms with Crippen molar-refractivity contribution in [3.63, 3.8) is 0 Å². The Balaban J connectivity index is 2.03. The molecule has 0 aliphatic carbocycles. The summed E-state index contributed by atoms with van der Waals surface area (Å²) in [6.07, 6.45) is 1.69. The maximum Gasteiger partial charge on any atom is 0.163 e. The second-order valence-corrected chi connectivity index (χ2v) is 7.55. The number of benzene rings is 1. The van der Waals surface area contributed by atoms with E-state index in [-0.39, 0.29) is 12.2 Å². The van der Waals surface area contributed by atoms with Crippen molar-refractivity contribution in [3.05, 3.63) is 35.9 Å². The first-order chi connectivity index (χ1) is 10.8. The van der Waals surface area contributed by atoms with Gasteiger partial charge in [-0.05, 0) is 39.5 Å². The molecular weight excluding hydrogens is 312 g/mol. The molecule has 130 valence electrons. The minimum absolute atomic E-state index is 0.136. The number of ether oxygens (including phenoxy) is 4. The van der Waals surface area contributed by atoms with Crippen LogP contribution in [0.4, 0.5) is 0 Å². The predicted molar refractivity (Wildman–Crippen MR) is 93.5 cm³/mol. The smallest absolute Gasteiger partial charge is 0.163 e. The molecule has 23 heavy (non-hydrogen) atoms. The fourth-order valence-electron chi connectivity index (χ4n) is 2.69. The first-order valence-corrected chi connectivity index (χ1v) is 9.34. The van der Waals surface area contributed by atoms with Gasteiger partial charge in [0.15, 0.2) is 5.79 Å². The highest BCUT2D eigenvalue weighted by molar-refractivity contribution is 7.98. The highest BCUT2D eigenvalue weighted by Crippen LogP contribution is 2.32. The Morgan fingerprint density at radius 3 is 2.57 bits per heavy atom. The summed E-state index contributed by atoms with van der Waals surface area (Å²) in [6.45, 7) is 9.02. The lowest BCUT2D eigenvalue weighted by molar-refractivity contribution is -0.193. The standard InChI is InChI=1S/C18H28O4S/c1-17(2,20-11-14-9-7-6-8-10-14)16(19-13-23-5)15-12-21-18(3,4)22-15/h6-10,15-16H,11-13H2,1-5H3/t15-,16+/m1/s1. The van der Waals surface area contributed by atoms with E-state index in [2.05, 4.69) is 26.0 Å². The van der Waals surface area contributed by atoms with Crippen molar-refractivity contribution in [1.29, 1.82) is 0 Å². The zero-order valence-electron chi connectivity index (χ0n) is 14.7. The first-order valence-electron chi connectivity index (χ1n) is 7.94. The fraction of sp³-hybridized carbons (Fsp3) is 0.667. The quantitative estimate of drug-likeness (QED) is 0.672. The van der Waals surface area contributed by atoms with Crippen LogP contribution in [0, 0.1) is 0 Å². The SMILES string of the molecule is CSCO[C@@H]([C@H]1COC(C)(C)O1)C(C)(C)OCc1ccccc1. The van der Waals surface area contributed by atoms with Gasteiger partial charge in [0.05, 0.1) is 24.8 Å². The van der Waals surface area contributed by atoms with Crippen LogP contribution in [0.3, 0.4) is 0 Å². The molecule has 0 aromatic heterocycles. The summed E-state index contributed by atoms with van der Waals surface area (Å²) in [5, 5.41) is 0. The summed E-state index contributed by atoms with van der Waals surface area (Å²) < 4.78 is 24.0. The molecule has 1 fully saturated rings. The predicted octanol–water partition coefficient (Wildman–Crippen LogP) is 3.84. The normalized spacial score (nSPS) is 22.2. The van der Waals surface area contributed by atoms with E-state index in [1.807, 2.05) is 38.3 Å². The second-order valence-electron chi connectivity index (χ2n) is 6.74. The minimum Gasteiger partial charge on any atom is -0.368 e. The maximum atomic E-state index is 6.19. The third-order valence-electron chi connectivity index (χ3n) is 3.87. The topological polar surface area (TPSA) is 36.9 Å². The van der Waals surface area contributed by atoms with E-state index in [0.717, 1.165) is 5.56 Å². The van der Waals surface area contributed by atoms with Gasteiger partial charge in [-0.1, -0.05) is 30.3 Å². The van der Waals surface area contributed by atoms with E-state index in [1.165, 1.54) is 0 Å². The summed E-state index contributed by atoms with van der Waals surface area (Å²) >= 11 is 1.65. The van der Waals surface area contributed by atoms with Crippen LogP contribution in [0.2, 0.25) is 0 Å². The maximum absolute atomic E-state index is 6.19. The molecule has 0 amide bonds. The molecule has 0 N–H and O–H groups in total. The van der Waals surface area contributed by atoms with E-state index in [4.69, 9.17) is 18.9 Å². The Morgan fingerprint density at radius 1 is 1.30 bits per heavy atom. The van der Waals surface area contributed by atoms with Gasteiger partial charge < -0.3 is 18.9 Å². The van der Waals surface area contributed by atoms with Crippen LogP contribution in [0.5, 0.6) is 0 Å². The van der Waals surface area contributed by atoms with Gasteiger partial charge in [0, 0.05) is 0 Å². The van der Waals surface area contributed by atoms with Gasteiger partial charge in [0.1, 0.15) is 12.2 Å². The summed E-state index contributed by atoms with van der Waals surface area (Å²) in [4.78, 5) is 0. The summed E-state index contributed by atoms with van der Waals surface area (Å²) in [5.74, 6) is 0.0320. The van der Waals surface area contributed by atoms with Crippen LogP contribution >= 0.6 is 11.8 Å². The molecule has 1 heterocycles. The van der Waals surface area contributed by atoms with Gasteiger partial charge in [-0.3, -0.25) is 0 Å². The van der Waals surface area contributed by atoms with Crippen molar-refractivity contribution in [2.45, 2.75) is 57.9 Å². The molecule has 2 rings (SSSR count). The van der Waals surface area contributed by atoms with Crippen molar-refractivity contribution >= 4 is 11.8 Å². The number of hydrogen-bond acceptors (Lipinski definition) is 5. The molecule has 0 saturated carbocycles. The molecule has 2 atom stereocenters. The number of hydrogen-bond donors (Lipinski definition) is 0. The highest BCUT2D eigenvalue weighted by atomic mass is 32.2. The molecule has 0 unspecified atom stereocenters. The van der Waals surface area contributed by atoms with Gasteiger partial charge in [0.25, 0.3) is 0 Å². The lowest BCUT2D eigenvalue weighted by atomic mass is 9.96. The van der Waals surface area contributed by atoms with Crippen LogP contribution in [-0.2, 0) is 25.6 Å². The van der Waals surface area contributed by atoms with Crippen LogP contribution in [0.1, 0.15) is 33.3 Å². The Kier molecular flexibility index (Phi) is 6.51. The molecule has 1 aromatic carbocycles. The molecule has 1 aliphatic rings. The average molecular weight is 340 g/mol. The molecule has 5 heteroatoms. The van der Waals surface area contributed by atoms with Gasteiger partial charge in [-0.25, -0.2) is 0 Å². The Labute approximate surface area is 143 Å². The molecule has 0 radical (unpaired) electrons. The largest absolute Gasteiger partial charge is 0.368 e. The molecule has 4 nitrogen and oxygen atoms in total. The van der Waals surface area contributed by atoms with Crippen LogP contribution in [-0.4, -0.2) is 42.4 Å². The van der Waals surface area contributed by atoms with Crippen molar-refractivity contribution in [3.8, 4) is 0 Å². The molecule has 1 aliphatic heterocycles. The molecule has 0 bridgehead atoms. The third-order valence-corrected chi connectivity index (χ3v) is 4.24. The van der Waals surface area contributed by atoms with Gasteiger partial charge in [0.2, 0.25) is 0 Å². The zero-order valence-corrected chi connectivity index (χ0v) is 15.5. The zero-order chi connectivity index (χ0) is 16.9. The Hall–Kier alpha value is -0.590. The second kappa shape index (κ2) is 7.99. The van der Waals surface area contributed by atoms with E-state index in [0.29, 0.717) is 19.2 Å². The molecular formula is C18H28O4S. The minimum atomic E-state index is -0.568. The Bertz CT molecular complexity index is 475. The van der Waals surface area contributed by atoms with Crippen LogP contribution in [0.15, 0.2) is 30.3 Å². The van der Waals surface area contributed by atoms with Crippen molar-refractivity contribution < 1.29 is 18.9 Å². The molecule has 1 aromatic rings. The number of rotatable bonds is 8. The average Bonchev–Trinajstić information content (AvgIpc) is 2.86. The monoisotopic (exact) mass is 340 g/mol. The van der Waals surface area contributed by atoms with E-state index < -0.39 is 11.4 Å². The van der Waals surface area contributed by atoms with E-state index >= 15 is 0 Å². The first kappa shape index (κ1) is 18.7. The summed E-state index contributed by atoms with van der Waals surface area (Å²) in [5.41, 5.74) is 0.660. The van der Waals surface area contributed by atoms with Gasteiger partial charge in [-0.2, -0.15) is 0 Å². The summed E-state index contributed by atoms with van der Waals surface area (Å²) in [6, 6.07) is 10.2. The van der Waals surface area contributed by atoms with Crippen molar-refractivity contribution in [2.75, 3.05) is 18.8 Å². The lowest BCUT2D eigenvalue weighted by Gasteiger charge is -2.37. The molecule has 1 saturated heterocycles. The van der Waals surface area contributed by atoms with Crippen LogP contribution < -0.4 is 0 Å².